The average Bonchev–Trinajstić information content (AvgIpc) is 2.01. The van der Waals surface area contributed by atoms with Crippen LogP contribution in [0.4, 0.5) is 0 Å². The molecule has 0 unspecified atom stereocenters. The molecule has 0 aromatic heterocycles. The van der Waals surface area contributed by atoms with Crippen LogP contribution in [0, 0.1) is 0 Å². The lowest BCUT2D eigenvalue weighted by Gasteiger charge is -2.02. The largest absolute Gasteiger partial charge is 0.346 e. The topological polar surface area (TPSA) is 93.5 Å². The van der Waals surface area contributed by atoms with Gasteiger partial charge in [-0.05, 0) is 0 Å². The van der Waals surface area contributed by atoms with E-state index in [1.807, 2.05) is 5.48 Å². The summed E-state index contributed by atoms with van der Waals surface area (Å²) in [4.78, 5) is 25.3. The normalized spacial score (nSPS) is 8.91. The molecular formula is C5H11N3O3. The van der Waals surface area contributed by atoms with E-state index < -0.39 is 5.91 Å². The van der Waals surface area contributed by atoms with E-state index in [9.17, 15) is 9.59 Å². The summed E-state index contributed by atoms with van der Waals surface area (Å²) in [6.45, 7) is -0.246. The molecule has 0 rings (SSSR count). The van der Waals surface area contributed by atoms with Gasteiger partial charge in [-0.25, -0.2) is 5.48 Å². The first-order valence-corrected chi connectivity index (χ1v) is 2.99. The Balaban J connectivity index is 3.38. The minimum Gasteiger partial charge on any atom is -0.346 e. The SMILES string of the molecule is CONC(=O)CNC(=O)CN. The number of carbonyl (C=O) groups excluding carboxylic acids is 2. The summed E-state index contributed by atoms with van der Waals surface area (Å²) in [6.07, 6.45) is 0. The number of hydroxylamine groups is 1. The molecule has 0 aliphatic heterocycles. The number of nitrogens with two attached hydrogens (primary N) is 1. The third-order valence-electron chi connectivity index (χ3n) is 0.847. The molecule has 0 aromatic carbocycles. The predicted octanol–water partition coefficient (Wildman–Crippen LogP) is -2.26. The molecule has 0 saturated heterocycles. The van der Waals surface area contributed by atoms with Gasteiger partial charge < -0.3 is 11.1 Å². The predicted molar refractivity (Wildman–Crippen MR) is 37.2 cm³/mol. The Labute approximate surface area is 64.0 Å². The van der Waals surface area contributed by atoms with Gasteiger partial charge in [0.05, 0.1) is 20.2 Å². The van der Waals surface area contributed by atoms with E-state index in [4.69, 9.17) is 5.73 Å². The molecule has 0 aliphatic carbocycles. The second-order valence-corrected chi connectivity index (χ2v) is 1.71. The number of amides is 2. The Hall–Kier alpha value is -1.14. The van der Waals surface area contributed by atoms with Crippen molar-refractivity contribution in [2.75, 3.05) is 20.2 Å². The molecule has 11 heavy (non-hydrogen) atoms. The summed E-state index contributed by atoms with van der Waals surface area (Å²) in [5.74, 6) is -0.800. The van der Waals surface area contributed by atoms with E-state index in [2.05, 4.69) is 10.2 Å². The molecule has 2 amide bonds. The van der Waals surface area contributed by atoms with Gasteiger partial charge in [0.25, 0.3) is 5.91 Å². The van der Waals surface area contributed by atoms with Crippen LogP contribution in [0.15, 0.2) is 0 Å². The van der Waals surface area contributed by atoms with Crippen LogP contribution >= 0.6 is 0 Å². The fraction of sp³-hybridized carbons (Fsp3) is 0.600. The van der Waals surface area contributed by atoms with E-state index in [-0.39, 0.29) is 19.0 Å². The molecule has 0 spiro atoms. The molecule has 0 aromatic rings. The van der Waals surface area contributed by atoms with Crippen LogP contribution in [0.2, 0.25) is 0 Å². The Morgan fingerprint density at radius 3 is 2.55 bits per heavy atom. The van der Waals surface area contributed by atoms with Gasteiger partial charge in [0.1, 0.15) is 0 Å². The van der Waals surface area contributed by atoms with Crippen molar-refractivity contribution in [2.24, 2.45) is 5.73 Å². The van der Waals surface area contributed by atoms with Gasteiger partial charge in [-0.1, -0.05) is 0 Å². The molecule has 0 radical (unpaired) electrons. The van der Waals surface area contributed by atoms with Crippen molar-refractivity contribution in [2.45, 2.75) is 0 Å². The van der Waals surface area contributed by atoms with Crippen molar-refractivity contribution in [3.8, 4) is 0 Å². The van der Waals surface area contributed by atoms with Crippen LogP contribution in [0.3, 0.4) is 0 Å². The first-order valence-electron chi connectivity index (χ1n) is 2.99. The lowest BCUT2D eigenvalue weighted by molar-refractivity contribution is -0.132. The molecular weight excluding hydrogens is 150 g/mol. The molecule has 64 valence electrons. The smallest absolute Gasteiger partial charge is 0.262 e. The minimum atomic E-state index is -0.422. The molecule has 0 bridgehead atoms. The molecule has 0 heterocycles. The van der Waals surface area contributed by atoms with E-state index in [0.29, 0.717) is 0 Å². The molecule has 4 N–H and O–H groups in total. The highest BCUT2D eigenvalue weighted by molar-refractivity contribution is 5.84. The van der Waals surface area contributed by atoms with Gasteiger partial charge >= 0.3 is 0 Å². The van der Waals surface area contributed by atoms with Gasteiger partial charge in [-0.2, -0.15) is 0 Å². The van der Waals surface area contributed by atoms with E-state index in [1.54, 1.807) is 0 Å². The number of hydrogen-bond acceptors (Lipinski definition) is 4. The maximum absolute atomic E-state index is 10.6. The van der Waals surface area contributed by atoms with Crippen molar-refractivity contribution in [1.82, 2.24) is 10.8 Å². The monoisotopic (exact) mass is 161 g/mol. The van der Waals surface area contributed by atoms with Gasteiger partial charge in [0.15, 0.2) is 0 Å². The summed E-state index contributed by atoms with van der Waals surface area (Å²) in [5, 5.41) is 2.26. The zero-order chi connectivity index (χ0) is 8.69. The van der Waals surface area contributed by atoms with Crippen molar-refractivity contribution in [1.29, 1.82) is 0 Å². The highest BCUT2D eigenvalue weighted by Crippen LogP contribution is 1.64. The maximum Gasteiger partial charge on any atom is 0.262 e. The molecule has 0 aliphatic rings. The average molecular weight is 161 g/mol. The van der Waals surface area contributed by atoms with Gasteiger partial charge in [0.2, 0.25) is 5.91 Å². The van der Waals surface area contributed by atoms with Crippen molar-refractivity contribution in [3.05, 3.63) is 0 Å². The lowest BCUT2D eigenvalue weighted by Crippen LogP contribution is -2.39. The van der Waals surface area contributed by atoms with E-state index in [0.717, 1.165) is 0 Å². The minimum absolute atomic E-state index is 0.121. The second-order valence-electron chi connectivity index (χ2n) is 1.71. The van der Waals surface area contributed by atoms with Crippen LogP contribution in [-0.2, 0) is 14.4 Å². The fourth-order valence-electron chi connectivity index (χ4n) is 0.401. The summed E-state index contributed by atoms with van der Waals surface area (Å²) >= 11 is 0. The first-order chi connectivity index (χ1) is 5.20. The van der Waals surface area contributed by atoms with Crippen LogP contribution in [0.5, 0.6) is 0 Å². The Morgan fingerprint density at radius 2 is 2.09 bits per heavy atom. The summed E-state index contributed by atoms with van der Waals surface area (Å²) in [7, 11) is 1.31. The summed E-state index contributed by atoms with van der Waals surface area (Å²) in [5.41, 5.74) is 6.99. The Bertz CT molecular complexity index is 148. The summed E-state index contributed by atoms with van der Waals surface area (Å²) < 4.78 is 0. The maximum atomic E-state index is 10.6. The number of nitrogens with one attached hydrogen (secondary N) is 2. The third kappa shape index (κ3) is 5.31. The highest BCUT2D eigenvalue weighted by atomic mass is 16.6. The molecule has 0 saturated carbocycles. The van der Waals surface area contributed by atoms with Crippen molar-refractivity contribution < 1.29 is 14.4 Å². The van der Waals surface area contributed by atoms with Crippen molar-refractivity contribution >= 4 is 11.8 Å². The number of rotatable bonds is 4. The molecule has 0 fully saturated rings. The molecule has 6 nitrogen and oxygen atoms in total. The van der Waals surface area contributed by atoms with E-state index in [1.165, 1.54) is 7.11 Å². The van der Waals surface area contributed by atoms with Crippen LogP contribution in [0.1, 0.15) is 0 Å². The Kier molecular flexibility index (Phi) is 5.05. The molecule has 6 heteroatoms. The van der Waals surface area contributed by atoms with Gasteiger partial charge in [-0.3, -0.25) is 14.4 Å². The van der Waals surface area contributed by atoms with Crippen LogP contribution in [-0.4, -0.2) is 32.0 Å². The molecule has 0 atom stereocenters. The van der Waals surface area contributed by atoms with Gasteiger partial charge in [0, 0.05) is 0 Å². The second kappa shape index (κ2) is 5.63. The number of hydrogen-bond donors (Lipinski definition) is 3. The fourth-order valence-corrected chi connectivity index (χ4v) is 0.401. The number of carbonyl (C=O) groups is 2. The Morgan fingerprint density at radius 1 is 1.45 bits per heavy atom. The zero-order valence-electron chi connectivity index (χ0n) is 6.22. The standard InChI is InChI=1S/C5H11N3O3/c1-11-8-5(10)3-7-4(9)2-6/h2-3,6H2,1H3,(H,7,9)(H,8,10). The van der Waals surface area contributed by atoms with E-state index >= 15 is 0 Å². The van der Waals surface area contributed by atoms with Crippen molar-refractivity contribution in [3.63, 3.8) is 0 Å². The van der Waals surface area contributed by atoms with Gasteiger partial charge in [-0.15, -0.1) is 0 Å². The summed E-state index contributed by atoms with van der Waals surface area (Å²) in [6, 6.07) is 0. The lowest BCUT2D eigenvalue weighted by atomic mass is 10.5. The van der Waals surface area contributed by atoms with Crippen LogP contribution in [0.25, 0.3) is 0 Å². The highest BCUT2D eigenvalue weighted by Gasteiger charge is 2.01. The van der Waals surface area contributed by atoms with Crippen LogP contribution < -0.4 is 16.5 Å². The first kappa shape index (κ1) is 9.86. The zero-order valence-corrected chi connectivity index (χ0v) is 6.22. The third-order valence-corrected chi connectivity index (χ3v) is 0.847. The quantitative estimate of drug-likeness (QED) is 0.405.